The van der Waals surface area contributed by atoms with Crippen LogP contribution in [0.3, 0.4) is 0 Å². The van der Waals surface area contributed by atoms with Crippen molar-refractivity contribution in [3.8, 4) is 0 Å². The van der Waals surface area contributed by atoms with Crippen LogP contribution in [0.1, 0.15) is 6.42 Å². The predicted octanol–water partition coefficient (Wildman–Crippen LogP) is 2.32. The molecule has 0 amide bonds. The molecule has 0 aromatic heterocycles. The van der Waals surface area contributed by atoms with E-state index in [9.17, 15) is 9.59 Å². The van der Waals surface area contributed by atoms with Crippen molar-refractivity contribution in [1.29, 1.82) is 0 Å². The summed E-state index contributed by atoms with van der Waals surface area (Å²) in [5, 5.41) is -0.880. The van der Waals surface area contributed by atoms with Gasteiger partial charge in [0.25, 0.3) is 0 Å². The summed E-state index contributed by atoms with van der Waals surface area (Å²) in [4.78, 5) is 19.2. The fourth-order valence-electron chi connectivity index (χ4n) is 0.0743. The smallest absolute Gasteiger partial charge is 0.244 e. The zero-order valence-electron chi connectivity index (χ0n) is 5.65. The molecule has 0 aromatic rings. The van der Waals surface area contributed by atoms with E-state index in [1.807, 2.05) is 0 Å². The highest BCUT2D eigenvalue weighted by molar-refractivity contribution is 6.66. The maximum Gasteiger partial charge on any atom is 0.244 e. The standard InChI is InChI=1S/C3H4Cl2O.C3H3ClO/c4-2-1-3(5)6;1-2-3(4)5/h1-2H2;2H,1H2. The van der Waals surface area contributed by atoms with Gasteiger partial charge in [0.05, 0.1) is 0 Å². The summed E-state index contributed by atoms with van der Waals surface area (Å²) in [7, 11) is 0. The SMILES string of the molecule is C=CC(=O)Cl.O=C(Cl)CCCl. The molecule has 0 aliphatic carbocycles. The van der Waals surface area contributed by atoms with Crippen LogP contribution in [-0.2, 0) is 9.59 Å². The number of hydrogen-bond acceptors (Lipinski definition) is 2. The quantitative estimate of drug-likeness (QED) is 0.413. The maximum absolute atomic E-state index is 9.72. The zero-order valence-corrected chi connectivity index (χ0v) is 7.92. The number of rotatable bonds is 3. The van der Waals surface area contributed by atoms with Crippen molar-refractivity contribution in [3.63, 3.8) is 0 Å². The summed E-state index contributed by atoms with van der Waals surface area (Å²) in [6, 6.07) is 0. The molecule has 0 aliphatic rings. The molecule has 0 bridgehead atoms. The van der Waals surface area contributed by atoms with E-state index in [1.165, 1.54) is 0 Å². The van der Waals surface area contributed by atoms with Gasteiger partial charge >= 0.3 is 0 Å². The average Bonchev–Trinajstić information content (AvgIpc) is 1.89. The van der Waals surface area contributed by atoms with Gasteiger partial charge < -0.3 is 0 Å². The minimum atomic E-state index is -0.509. The summed E-state index contributed by atoms with van der Waals surface area (Å²) >= 11 is 14.7. The summed E-state index contributed by atoms with van der Waals surface area (Å²) in [5.41, 5.74) is 0. The van der Waals surface area contributed by atoms with Crippen LogP contribution in [0, 0.1) is 0 Å². The molecule has 0 radical (unpaired) electrons. The molecule has 0 spiro atoms. The molecule has 0 aromatic carbocycles. The molecule has 64 valence electrons. The third kappa shape index (κ3) is 25.7. The molecule has 0 saturated heterocycles. The van der Waals surface area contributed by atoms with E-state index in [4.69, 9.17) is 34.8 Å². The molecular formula is C6H7Cl3O2. The molecule has 0 rings (SSSR count). The van der Waals surface area contributed by atoms with Crippen LogP contribution in [0.4, 0.5) is 0 Å². The van der Waals surface area contributed by atoms with E-state index in [2.05, 4.69) is 6.58 Å². The van der Waals surface area contributed by atoms with Crippen molar-refractivity contribution in [2.24, 2.45) is 0 Å². The van der Waals surface area contributed by atoms with Crippen LogP contribution in [0.15, 0.2) is 12.7 Å². The Balaban J connectivity index is 0. The van der Waals surface area contributed by atoms with Gasteiger partial charge in [-0.2, -0.15) is 0 Å². The van der Waals surface area contributed by atoms with E-state index in [0.717, 1.165) is 6.08 Å². The Hall–Kier alpha value is -0.0500. The average molecular weight is 217 g/mol. The lowest BCUT2D eigenvalue weighted by atomic mass is 10.6. The highest BCUT2D eigenvalue weighted by Gasteiger charge is 1.88. The van der Waals surface area contributed by atoms with Gasteiger partial charge in [-0.05, 0) is 29.3 Å². The molecule has 0 atom stereocenters. The van der Waals surface area contributed by atoms with Gasteiger partial charge in [-0.15, -0.1) is 11.6 Å². The Morgan fingerprint density at radius 1 is 1.36 bits per heavy atom. The Morgan fingerprint density at radius 3 is 1.73 bits per heavy atom. The second-order valence-corrected chi connectivity index (χ2v) is 2.47. The lowest BCUT2D eigenvalue weighted by molar-refractivity contribution is -0.111. The monoisotopic (exact) mass is 216 g/mol. The van der Waals surface area contributed by atoms with Gasteiger partial charge in [0.15, 0.2) is 0 Å². The topological polar surface area (TPSA) is 34.1 Å². The summed E-state index contributed by atoms with van der Waals surface area (Å²) in [6.07, 6.45) is 1.31. The van der Waals surface area contributed by atoms with E-state index >= 15 is 0 Å². The Kier molecular flexibility index (Phi) is 12.2. The predicted molar refractivity (Wildman–Crippen MR) is 47.3 cm³/mol. The second-order valence-electron chi connectivity index (χ2n) is 1.30. The Bertz CT molecular complexity index is 145. The van der Waals surface area contributed by atoms with Crippen LogP contribution in [0.5, 0.6) is 0 Å². The summed E-state index contributed by atoms with van der Waals surface area (Å²) in [5.74, 6) is 0.322. The van der Waals surface area contributed by atoms with Crippen LogP contribution >= 0.6 is 34.8 Å². The number of allylic oxidation sites excluding steroid dienone is 1. The summed E-state index contributed by atoms with van der Waals surface area (Å²) in [6.45, 7) is 3.08. The lowest BCUT2D eigenvalue weighted by Gasteiger charge is -1.76. The number of hydrogen-bond donors (Lipinski definition) is 0. The normalized spacial score (nSPS) is 7.55. The van der Waals surface area contributed by atoms with Gasteiger partial charge in [-0.25, -0.2) is 0 Å². The van der Waals surface area contributed by atoms with Crippen molar-refractivity contribution >= 4 is 45.3 Å². The van der Waals surface area contributed by atoms with Crippen LogP contribution in [0.25, 0.3) is 0 Å². The third-order valence-electron chi connectivity index (χ3n) is 0.452. The highest BCUT2D eigenvalue weighted by Crippen LogP contribution is 1.88. The van der Waals surface area contributed by atoms with E-state index in [0.29, 0.717) is 5.88 Å². The molecule has 2 nitrogen and oxygen atoms in total. The first-order valence-electron chi connectivity index (χ1n) is 2.60. The van der Waals surface area contributed by atoms with Gasteiger partial charge in [0.2, 0.25) is 10.5 Å². The molecule has 0 aliphatic heterocycles. The van der Waals surface area contributed by atoms with Crippen molar-refractivity contribution in [2.45, 2.75) is 6.42 Å². The number of alkyl halides is 1. The molecule has 0 fully saturated rings. The Morgan fingerprint density at radius 2 is 1.73 bits per heavy atom. The highest BCUT2D eigenvalue weighted by atomic mass is 35.5. The van der Waals surface area contributed by atoms with Gasteiger partial charge in [0, 0.05) is 12.3 Å². The molecular weight excluding hydrogens is 210 g/mol. The fraction of sp³-hybridized carbons (Fsp3) is 0.333. The van der Waals surface area contributed by atoms with E-state index in [-0.39, 0.29) is 11.7 Å². The van der Waals surface area contributed by atoms with Crippen LogP contribution < -0.4 is 0 Å². The molecule has 11 heavy (non-hydrogen) atoms. The second kappa shape index (κ2) is 9.95. The summed E-state index contributed by atoms with van der Waals surface area (Å²) < 4.78 is 0. The zero-order chi connectivity index (χ0) is 9.28. The van der Waals surface area contributed by atoms with Gasteiger partial charge in [-0.1, -0.05) is 6.58 Å². The van der Waals surface area contributed by atoms with Gasteiger partial charge in [-0.3, -0.25) is 9.59 Å². The van der Waals surface area contributed by atoms with E-state index < -0.39 is 5.24 Å². The number of halogens is 3. The van der Waals surface area contributed by atoms with E-state index in [1.54, 1.807) is 0 Å². The first-order chi connectivity index (χ1) is 5.04. The molecule has 0 N–H and O–H groups in total. The van der Waals surface area contributed by atoms with Crippen LogP contribution in [-0.4, -0.2) is 16.4 Å². The molecule has 0 saturated carbocycles. The number of carbonyl (C=O) groups is 2. The lowest BCUT2D eigenvalue weighted by Crippen LogP contribution is -1.83. The maximum atomic E-state index is 9.72. The van der Waals surface area contributed by atoms with Crippen molar-refractivity contribution in [3.05, 3.63) is 12.7 Å². The first kappa shape index (κ1) is 13.5. The molecule has 5 heteroatoms. The molecule has 0 heterocycles. The minimum Gasteiger partial charge on any atom is -0.281 e. The van der Waals surface area contributed by atoms with Gasteiger partial charge in [0.1, 0.15) is 0 Å². The Labute approximate surface area is 80.1 Å². The first-order valence-corrected chi connectivity index (χ1v) is 3.89. The van der Waals surface area contributed by atoms with Crippen molar-refractivity contribution in [2.75, 3.05) is 5.88 Å². The van der Waals surface area contributed by atoms with Crippen molar-refractivity contribution in [1.82, 2.24) is 0 Å². The third-order valence-corrected chi connectivity index (χ3v) is 0.984. The fourth-order valence-corrected chi connectivity index (χ4v) is 0.437. The largest absolute Gasteiger partial charge is 0.281 e. The minimum absolute atomic E-state index is 0.267. The van der Waals surface area contributed by atoms with Crippen LogP contribution in [0.2, 0.25) is 0 Å². The number of carbonyl (C=O) groups excluding carboxylic acids is 2. The van der Waals surface area contributed by atoms with Crippen molar-refractivity contribution < 1.29 is 9.59 Å². The molecule has 0 unspecified atom stereocenters.